The van der Waals surface area contributed by atoms with Crippen molar-refractivity contribution < 1.29 is 19.0 Å². The van der Waals surface area contributed by atoms with E-state index in [0.717, 1.165) is 6.07 Å². The lowest BCUT2D eigenvalue weighted by Crippen LogP contribution is -2.47. The average Bonchev–Trinajstić information content (AvgIpc) is 2.32. The van der Waals surface area contributed by atoms with Gasteiger partial charge in [-0.1, -0.05) is 0 Å². The smallest absolute Gasteiger partial charge is 0.335 e. The predicted octanol–water partition coefficient (Wildman–Crippen LogP) is 2.14. The minimum atomic E-state index is -1.12. The van der Waals surface area contributed by atoms with E-state index < -0.39 is 11.8 Å². The Kier molecular flexibility index (Phi) is 3.52. The number of aromatic carboxylic acids is 1. The van der Waals surface area contributed by atoms with Crippen molar-refractivity contribution in [1.82, 2.24) is 0 Å². The van der Waals surface area contributed by atoms with Crippen molar-refractivity contribution in [2.75, 3.05) is 18.1 Å². The highest BCUT2D eigenvalue weighted by Crippen LogP contribution is 2.25. The molecule has 1 aromatic rings. The van der Waals surface area contributed by atoms with Crippen LogP contribution in [0.3, 0.4) is 0 Å². The normalized spacial score (nSPS) is 24.1. The van der Waals surface area contributed by atoms with E-state index in [1.54, 1.807) is 0 Å². The van der Waals surface area contributed by atoms with Crippen molar-refractivity contribution in [3.8, 4) is 0 Å². The van der Waals surface area contributed by atoms with Gasteiger partial charge in [0.2, 0.25) is 0 Å². The van der Waals surface area contributed by atoms with Crippen molar-refractivity contribution >= 4 is 11.7 Å². The molecule has 5 heteroatoms. The number of ether oxygens (including phenoxy) is 1. The molecule has 1 aliphatic rings. The minimum Gasteiger partial charge on any atom is -0.478 e. The third kappa shape index (κ3) is 2.46. The van der Waals surface area contributed by atoms with Crippen LogP contribution in [-0.2, 0) is 4.74 Å². The fourth-order valence-corrected chi connectivity index (χ4v) is 2.11. The number of hydrogen-bond acceptors (Lipinski definition) is 3. The molecule has 2 rings (SSSR count). The third-order valence-electron chi connectivity index (χ3n) is 3.11. The Labute approximate surface area is 105 Å². The van der Waals surface area contributed by atoms with Crippen LogP contribution in [0.4, 0.5) is 10.1 Å². The lowest BCUT2D eigenvalue weighted by atomic mass is 10.1. The molecule has 0 amide bonds. The van der Waals surface area contributed by atoms with E-state index in [0.29, 0.717) is 18.8 Å². The summed E-state index contributed by atoms with van der Waals surface area (Å²) in [6, 6.07) is 4.08. The SMILES string of the molecule is CC1CN(c2ccc(C(=O)O)cc2F)C(C)CO1. The molecular formula is C13H16FNO3. The van der Waals surface area contributed by atoms with Crippen molar-refractivity contribution in [2.45, 2.75) is 26.0 Å². The van der Waals surface area contributed by atoms with Gasteiger partial charge in [0.05, 0.1) is 24.0 Å². The molecule has 0 aliphatic carbocycles. The molecule has 1 N–H and O–H groups in total. The largest absolute Gasteiger partial charge is 0.478 e. The maximum Gasteiger partial charge on any atom is 0.335 e. The molecule has 0 spiro atoms. The molecule has 4 nitrogen and oxygen atoms in total. The molecule has 0 bridgehead atoms. The number of carboxylic acid groups (broad SMARTS) is 1. The molecule has 0 aromatic heterocycles. The highest BCUT2D eigenvalue weighted by Gasteiger charge is 2.25. The Morgan fingerprint density at radius 3 is 2.83 bits per heavy atom. The summed E-state index contributed by atoms with van der Waals surface area (Å²) >= 11 is 0. The zero-order valence-electron chi connectivity index (χ0n) is 10.4. The molecule has 0 radical (unpaired) electrons. The Hall–Kier alpha value is -1.62. The maximum absolute atomic E-state index is 13.9. The topological polar surface area (TPSA) is 49.8 Å². The van der Waals surface area contributed by atoms with E-state index >= 15 is 0 Å². The highest BCUT2D eigenvalue weighted by molar-refractivity contribution is 5.88. The predicted molar refractivity (Wildman–Crippen MR) is 65.6 cm³/mol. The minimum absolute atomic E-state index is 0.0368. The van der Waals surface area contributed by atoms with Gasteiger partial charge in [-0.15, -0.1) is 0 Å². The lowest BCUT2D eigenvalue weighted by Gasteiger charge is -2.38. The molecule has 2 unspecified atom stereocenters. The number of rotatable bonds is 2. The number of hydrogen-bond donors (Lipinski definition) is 1. The summed E-state index contributed by atoms with van der Waals surface area (Å²) in [6.07, 6.45) is 0.0414. The molecule has 0 saturated carbocycles. The first-order valence-electron chi connectivity index (χ1n) is 5.90. The van der Waals surface area contributed by atoms with Crippen molar-refractivity contribution in [3.05, 3.63) is 29.6 Å². The zero-order chi connectivity index (χ0) is 13.3. The molecule has 18 heavy (non-hydrogen) atoms. The summed E-state index contributed by atoms with van der Waals surface area (Å²) in [5, 5.41) is 8.80. The molecule has 2 atom stereocenters. The third-order valence-corrected chi connectivity index (χ3v) is 3.11. The van der Waals surface area contributed by atoms with Crippen LogP contribution in [0.15, 0.2) is 18.2 Å². The Bertz CT molecular complexity index is 464. The number of anilines is 1. The first-order chi connectivity index (χ1) is 8.49. The molecule has 1 aromatic carbocycles. The van der Waals surface area contributed by atoms with Gasteiger partial charge in [0, 0.05) is 12.6 Å². The van der Waals surface area contributed by atoms with Crippen LogP contribution in [0.1, 0.15) is 24.2 Å². The fraction of sp³-hybridized carbons (Fsp3) is 0.462. The maximum atomic E-state index is 13.9. The summed E-state index contributed by atoms with van der Waals surface area (Å²) in [5.41, 5.74) is 0.396. The van der Waals surface area contributed by atoms with Crippen LogP contribution >= 0.6 is 0 Å². The monoisotopic (exact) mass is 253 g/mol. The number of carboxylic acids is 1. The zero-order valence-corrected chi connectivity index (χ0v) is 10.4. The van der Waals surface area contributed by atoms with Gasteiger partial charge >= 0.3 is 5.97 Å². The fourth-order valence-electron chi connectivity index (χ4n) is 2.11. The van der Waals surface area contributed by atoms with Crippen LogP contribution in [0.25, 0.3) is 0 Å². The quantitative estimate of drug-likeness (QED) is 0.877. The van der Waals surface area contributed by atoms with Gasteiger partial charge in [-0.05, 0) is 32.0 Å². The summed E-state index contributed by atoms with van der Waals surface area (Å²) < 4.78 is 19.4. The standard InChI is InChI=1S/C13H16FNO3/c1-8-7-18-9(2)6-15(8)12-4-3-10(13(16)17)5-11(12)14/h3-5,8-9H,6-7H2,1-2H3,(H,16,17). The van der Waals surface area contributed by atoms with Gasteiger partial charge in [0.1, 0.15) is 5.82 Å². The van der Waals surface area contributed by atoms with Crippen molar-refractivity contribution in [1.29, 1.82) is 0 Å². The average molecular weight is 253 g/mol. The van der Waals surface area contributed by atoms with Gasteiger partial charge in [0.15, 0.2) is 0 Å². The van der Waals surface area contributed by atoms with Gasteiger partial charge < -0.3 is 14.7 Å². The molecular weight excluding hydrogens is 237 g/mol. The lowest BCUT2D eigenvalue weighted by molar-refractivity contribution is 0.0341. The summed E-state index contributed by atoms with van der Waals surface area (Å²) in [7, 11) is 0. The van der Waals surface area contributed by atoms with E-state index in [1.165, 1.54) is 12.1 Å². The Morgan fingerprint density at radius 2 is 2.22 bits per heavy atom. The number of halogens is 1. The Balaban J connectivity index is 2.30. The first kappa shape index (κ1) is 12.8. The van der Waals surface area contributed by atoms with Crippen molar-refractivity contribution in [2.24, 2.45) is 0 Å². The van der Waals surface area contributed by atoms with Gasteiger partial charge in [-0.3, -0.25) is 0 Å². The summed E-state index contributed by atoms with van der Waals surface area (Å²) in [5.74, 6) is -1.63. The van der Waals surface area contributed by atoms with E-state index in [2.05, 4.69) is 0 Å². The molecule has 1 saturated heterocycles. The molecule has 1 aliphatic heterocycles. The van der Waals surface area contributed by atoms with Gasteiger partial charge in [-0.2, -0.15) is 0 Å². The second-order valence-electron chi connectivity index (χ2n) is 4.62. The number of nitrogens with zero attached hydrogens (tertiary/aromatic N) is 1. The second kappa shape index (κ2) is 4.94. The van der Waals surface area contributed by atoms with Crippen LogP contribution in [0.2, 0.25) is 0 Å². The summed E-state index contributed by atoms with van der Waals surface area (Å²) in [6.45, 7) is 5.03. The molecule has 1 heterocycles. The summed E-state index contributed by atoms with van der Waals surface area (Å²) in [4.78, 5) is 12.7. The van der Waals surface area contributed by atoms with E-state index in [9.17, 15) is 9.18 Å². The molecule has 98 valence electrons. The van der Waals surface area contributed by atoms with E-state index in [1.807, 2.05) is 18.7 Å². The van der Waals surface area contributed by atoms with Crippen LogP contribution < -0.4 is 4.90 Å². The van der Waals surface area contributed by atoms with Crippen LogP contribution in [0.5, 0.6) is 0 Å². The van der Waals surface area contributed by atoms with E-state index in [4.69, 9.17) is 9.84 Å². The van der Waals surface area contributed by atoms with Crippen LogP contribution in [-0.4, -0.2) is 36.4 Å². The first-order valence-corrected chi connectivity index (χ1v) is 5.90. The van der Waals surface area contributed by atoms with Crippen molar-refractivity contribution in [3.63, 3.8) is 0 Å². The van der Waals surface area contributed by atoms with E-state index in [-0.39, 0.29) is 17.7 Å². The number of carbonyl (C=O) groups is 1. The highest BCUT2D eigenvalue weighted by atomic mass is 19.1. The Morgan fingerprint density at radius 1 is 1.50 bits per heavy atom. The van der Waals surface area contributed by atoms with Gasteiger partial charge in [-0.25, -0.2) is 9.18 Å². The second-order valence-corrected chi connectivity index (χ2v) is 4.62. The number of benzene rings is 1. The number of morpholine rings is 1. The van der Waals surface area contributed by atoms with Crippen LogP contribution in [0, 0.1) is 5.82 Å². The van der Waals surface area contributed by atoms with Gasteiger partial charge in [0.25, 0.3) is 0 Å². The molecule has 1 fully saturated rings.